The Morgan fingerprint density at radius 2 is 1.79 bits per heavy atom. The maximum atomic E-state index is 12.2. The third kappa shape index (κ3) is 5.97. The number of aliphatic carboxylic acids is 1. The fourth-order valence-electron chi connectivity index (χ4n) is 4.04. The predicted octanol–water partition coefficient (Wildman–Crippen LogP) is 5.68. The van der Waals surface area contributed by atoms with Gasteiger partial charge in [-0.2, -0.15) is 0 Å². The molecule has 29 heavy (non-hydrogen) atoms. The quantitative estimate of drug-likeness (QED) is 0.423. The first-order chi connectivity index (χ1) is 13.5. The van der Waals surface area contributed by atoms with Crippen molar-refractivity contribution in [1.82, 2.24) is 0 Å². The molecule has 0 fully saturated rings. The summed E-state index contributed by atoms with van der Waals surface area (Å²) in [5.74, 6) is 0.974. The Bertz CT molecular complexity index is 765. The molecule has 5 heteroatoms. The minimum absolute atomic E-state index is 0.0283. The van der Waals surface area contributed by atoms with E-state index in [4.69, 9.17) is 14.6 Å². The van der Waals surface area contributed by atoms with E-state index < -0.39 is 5.97 Å². The lowest BCUT2D eigenvalue weighted by molar-refractivity contribution is -0.137. The molecule has 0 spiro atoms. The number of carboxylic acid groups (broad SMARTS) is 1. The number of carboxylic acids is 1. The molecule has 1 aromatic carbocycles. The molecule has 1 aliphatic rings. The van der Waals surface area contributed by atoms with Gasteiger partial charge in [0, 0.05) is 18.4 Å². The highest BCUT2D eigenvalue weighted by Gasteiger charge is 2.34. The molecule has 162 valence electrons. The SMILES string of the molecule is Cc1c(C)c2c(c(C)c1OC(=O)CCCC(=O)O)CCC(C)(CCCC(C)C)O2. The van der Waals surface area contributed by atoms with Gasteiger partial charge in [0.1, 0.15) is 17.1 Å². The molecule has 1 N–H and O–H groups in total. The molecule has 1 aromatic rings. The van der Waals surface area contributed by atoms with Crippen molar-refractivity contribution in [3.63, 3.8) is 0 Å². The van der Waals surface area contributed by atoms with Crippen molar-refractivity contribution in [1.29, 1.82) is 0 Å². The maximum Gasteiger partial charge on any atom is 0.311 e. The molecule has 0 aromatic heterocycles. The van der Waals surface area contributed by atoms with Crippen LogP contribution in [0.4, 0.5) is 0 Å². The number of hydrogen-bond donors (Lipinski definition) is 1. The van der Waals surface area contributed by atoms with Crippen molar-refractivity contribution in [2.75, 3.05) is 0 Å². The second-order valence-corrected chi connectivity index (χ2v) is 9.07. The van der Waals surface area contributed by atoms with Gasteiger partial charge in [0.25, 0.3) is 0 Å². The number of carbonyl (C=O) groups excluding carboxylic acids is 1. The Kier molecular flexibility index (Phi) is 7.73. The zero-order valence-electron chi connectivity index (χ0n) is 18.8. The van der Waals surface area contributed by atoms with Crippen LogP contribution in [-0.4, -0.2) is 22.6 Å². The molecule has 1 heterocycles. The average Bonchev–Trinajstić information content (AvgIpc) is 2.62. The first kappa shape index (κ1) is 23.2. The number of rotatable bonds is 9. The highest BCUT2D eigenvalue weighted by Crippen LogP contribution is 2.45. The smallest absolute Gasteiger partial charge is 0.311 e. The van der Waals surface area contributed by atoms with Crippen LogP contribution in [0, 0.1) is 26.7 Å². The van der Waals surface area contributed by atoms with Gasteiger partial charge in [-0.15, -0.1) is 0 Å². The second-order valence-electron chi connectivity index (χ2n) is 9.07. The highest BCUT2D eigenvalue weighted by atomic mass is 16.5. The van der Waals surface area contributed by atoms with E-state index in [9.17, 15) is 9.59 Å². The maximum absolute atomic E-state index is 12.2. The Morgan fingerprint density at radius 3 is 2.41 bits per heavy atom. The topological polar surface area (TPSA) is 72.8 Å². The normalized spacial score (nSPS) is 18.3. The van der Waals surface area contributed by atoms with E-state index in [1.165, 1.54) is 6.42 Å². The van der Waals surface area contributed by atoms with Crippen molar-refractivity contribution in [2.45, 2.75) is 98.5 Å². The first-order valence-corrected chi connectivity index (χ1v) is 10.8. The van der Waals surface area contributed by atoms with Crippen LogP contribution >= 0.6 is 0 Å². The van der Waals surface area contributed by atoms with Crippen molar-refractivity contribution in [2.24, 2.45) is 5.92 Å². The van der Waals surface area contributed by atoms with Crippen LogP contribution < -0.4 is 9.47 Å². The molecule has 0 saturated carbocycles. The monoisotopic (exact) mass is 404 g/mol. The summed E-state index contributed by atoms with van der Waals surface area (Å²) in [7, 11) is 0. The number of hydrogen-bond acceptors (Lipinski definition) is 4. The number of benzene rings is 1. The molecule has 0 radical (unpaired) electrons. The Labute approximate surface area is 174 Å². The van der Waals surface area contributed by atoms with Crippen LogP contribution in [0.25, 0.3) is 0 Å². The van der Waals surface area contributed by atoms with E-state index in [-0.39, 0.29) is 30.8 Å². The summed E-state index contributed by atoms with van der Waals surface area (Å²) >= 11 is 0. The zero-order chi connectivity index (χ0) is 21.8. The Balaban J connectivity index is 2.17. The summed E-state index contributed by atoms with van der Waals surface area (Å²) in [4.78, 5) is 22.8. The lowest BCUT2D eigenvalue weighted by Crippen LogP contribution is -2.37. The van der Waals surface area contributed by atoms with Crippen LogP contribution in [0.1, 0.15) is 88.0 Å². The minimum Gasteiger partial charge on any atom is -0.487 e. The zero-order valence-corrected chi connectivity index (χ0v) is 18.8. The second kappa shape index (κ2) is 9.64. The molecular weight excluding hydrogens is 368 g/mol. The Hall–Kier alpha value is -2.04. The lowest BCUT2D eigenvalue weighted by Gasteiger charge is -2.38. The van der Waals surface area contributed by atoms with Crippen molar-refractivity contribution >= 4 is 11.9 Å². The molecule has 2 rings (SSSR count). The van der Waals surface area contributed by atoms with Crippen LogP contribution in [-0.2, 0) is 16.0 Å². The largest absolute Gasteiger partial charge is 0.487 e. The fourth-order valence-corrected chi connectivity index (χ4v) is 4.04. The van der Waals surface area contributed by atoms with Gasteiger partial charge in [-0.1, -0.05) is 20.3 Å². The van der Waals surface area contributed by atoms with Gasteiger partial charge in [0.15, 0.2) is 0 Å². The summed E-state index contributed by atoms with van der Waals surface area (Å²) < 4.78 is 12.2. The van der Waals surface area contributed by atoms with Gasteiger partial charge in [-0.25, -0.2) is 0 Å². The first-order valence-electron chi connectivity index (χ1n) is 10.8. The molecule has 1 atom stereocenters. The van der Waals surface area contributed by atoms with Gasteiger partial charge in [-0.3, -0.25) is 9.59 Å². The predicted molar refractivity (Wildman–Crippen MR) is 114 cm³/mol. The van der Waals surface area contributed by atoms with E-state index in [1.54, 1.807) is 0 Å². The lowest BCUT2D eigenvalue weighted by atomic mass is 9.84. The third-order valence-electron chi connectivity index (χ3n) is 6.04. The summed E-state index contributed by atoms with van der Waals surface area (Å²) in [6, 6.07) is 0. The molecule has 0 saturated heterocycles. The number of fused-ring (bicyclic) bond motifs is 1. The minimum atomic E-state index is -0.900. The van der Waals surface area contributed by atoms with Gasteiger partial charge in [0.2, 0.25) is 0 Å². The standard InChI is InChI=1S/C24H36O5/c1-15(2)9-8-13-24(6)14-12-19-18(5)22(16(3)17(4)23(19)29-24)28-21(27)11-7-10-20(25)26/h15H,7-14H2,1-6H3,(H,25,26). The summed E-state index contributed by atoms with van der Waals surface area (Å²) in [5.41, 5.74) is 3.87. The van der Waals surface area contributed by atoms with Crippen molar-refractivity contribution in [3.8, 4) is 11.5 Å². The van der Waals surface area contributed by atoms with E-state index in [0.29, 0.717) is 11.7 Å². The van der Waals surface area contributed by atoms with Crippen LogP contribution in [0.2, 0.25) is 0 Å². The third-order valence-corrected chi connectivity index (χ3v) is 6.04. The number of carbonyl (C=O) groups is 2. The van der Waals surface area contributed by atoms with E-state index >= 15 is 0 Å². The average molecular weight is 405 g/mol. The van der Waals surface area contributed by atoms with Crippen LogP contribution in [0.5, 0.6) is 11.5 Å². The van der Waals surface area contributed by atoms with Crippen LogP contribution in [0.15, 0.2) is 0 Å². The Morgan fingerprint density at radius 1 is 1.10 bits per heavy atom. The van der Waals surface area contributed by atoms with Gasteiger partial charge < -0.3 is 14.6 Å². The van der Waals surface area contributed by atoms with E-state index in [0.717, 1.165) is 53.7 Å². The molecule has 0 amide bonds. The van der Waals surface area contributed by atoms with Gasteiger partial charge >= 0.3 is 11.9 Å². The van der Waals surface area contributed by atoms with E-state index in [1.807, 2.05) is 20.8 Å². The van der Waals surface area contributed by atoms with Gasteiger partial charge in [0.05, 0.1) is 0 Å². The van der Waals surface area contributed by atoms with Crippen molar-refractivity contribution < 1.29 is 24.2 Å². The number of ether oxygens (including phenoxy) is 2. The van der Waals surface area contributed by atoms with Crippen LogP contribution in [0.3, 0.4) is 0 Å². The van der Waals surface area contributed by atoms with Crippen molar-refractivity contribution in [3.05, 3.63) is 22.3 Å². The molecule has 1 unspecified atom stereocenters. The van der Waals surface area contributed by atoms with E-state index in [2.05, 4.69) is 20.8 Å². The molecule has 1 aliphatic heterocycles. The fraction of sp³-hybridized carbons (Fsp3) is 0.667. The number of esters is 1. The molecule has 0 bridgehead atoms. The summed E-state index contributed by atoms with van der Waals surface area (Å²) in [6.45, 7) is 12.7. The molecule has 5 nitrogen and oxygen atoms in total. The summed E-state index contributed by atoms with van der Waals surface area (Å²) in [6.07, 6.45) is 5.63. The molecular formula is C24H36O5. The summed E-state index contributed by atoms with van der Waals surface area (Å²) in [5, 5.41) is 8.73. The van der Waals surface area contributed by atoms with Gasteiger partial charge in [-0.05, 0) is 82.4 Å². The highest BCUT2D eigenvalue weighted by molar-refractivity contribution is 5.75. The molecule has 0 aliphatic carbocycles.